The van der Waals surface area contributed by atoms with Crippen LogP contribution in [0.1, 0.15) is 40.0 Å². The van der Waals surface area contributed by atoms with Crippen molar-refractivity contribution in [3.8, 4) is 17.4 Å². The van der Waals surface area contributed by atoms with E-state index in [9.17, 15) is 10.1 Å². The molecule has 2 aromatic heterocycles. The molecule has 32 heavy (non-hydrogen) atoms. The summed E-state index contributed by atoms with van der Waals surface area (Å²) in [7, 11) is 0. The first kappa shape index (κ1) is 21.4. The number of allylic oxidation sites excluding steroid dienone is 1. The second-order valence-corrected chi connectivity index (χ2v) is 7.73. The van der Waals surface area contributed by atoms with E-state index in [2.05, 4.69) is 16.0 Å². The molecule has 0 bridgehead atoms. The van der Waals surface area contributed by atoms with Crippen LogP contribution in [0.25, 0.3) is 34.0 Å². The van der Waals surface area contributed by atoms with E-state index in [1.165, 1.54) is 0 Å². The van der Waals surface area contributed by atoms with Gasteiger partial charge in [-0.2, -0.15) is 5.26 Å². The highest BCUT2D eigenvalue weighted by atomic mass is 35.5. The molecule has 0 atom stereocenters. The lowest BCUT2D eigenvalue weighted by atomic mass is 10.1. The first-order valence-electron chi connectivity index (χ1n) is 10.1. The zero-order chi connectivity index (χ0) is 22.8. The van der Waals surface area contributed by atoms with Crippen molar-refractivity contribution in [1.82, 2.24) is 9.97 Å². The zero-order valence-corrected chi connectivity index (χ0v) is 18.6. The number of nitrogens with one attached hydrogen (secondary N) is 1. The minimum Gasteiger partial charge on any atom is -0.462 e. The third-order valence-corrected chi connectivity index (χ3v) is 5.46. The van der Waals surface area contributed by atoms with Gasteiger partial charge in [-0.3, -0.25) is 0 Å². The van der Waals surface area contributed by atoms with E-state index < -0.39 is 5.97 Å². The molecule has 2 aromatic carbocycles. The van der Waals surface area contributed by atoms with E-state index in [4.69, 9.17) is 20.8 Å². The second-order valence-electron chi connectivity index (χ2n) is 7.33. The monoisotopic (exact) mass is 445 g/mol. The molecule has 0 unspecified atom stereocenters. The van der Waals surface area contributed by atoms with E-state index in [0.717, 1.165) is 22.2 Å². The Morgan fingerprint density at radius 1 is 1.22 bits per heavy atom. The number of hydrogen-bond donors (Lipinski definition) is 1. The maximum atomic E-state index is 12.1. The van der Waals surface area contributed by atoms with Gasteiger partial charge < -0.3 is 14.1 Å². The minimum absolute atomic E-state index is 0.257. The van der Waals surface area contributed by atoms with Crippen LogP contribution >= 0.6 is 11.6 Å². The smallest absolute Gasteiger partial charge is 0.339 e. The van der Waals surface area contributed by atoms with Crippen LogP contribution in [0.15, 0.2) is 46.9 Å². The molecule has 0 amide bonds. The van der Waals surface area contributed by atoms with E-state index in [1.807, 2.05) is 26.0 Å². The van der Waals surface area contributed by atoms with Gasteiger partial charge in [0.1, 0.15) is 23.4 Å². The Morgan fingerprint density at radius 3 is 2.75 bits per heavy atom. The van der Waals surface area contributed by atoms with Gasteiger partial charge in [-0.05, 0) is 74.4 Å². The molecule has 0 fully saturated rings. The average Bonchev–Trinajstić information content (AvgIpc) is 3.39. The van der Waals surface area contributed by atoms with Crippen molar-refractivity contribution in [1.29, 1.82) is 5.26 Å². The Bertz CT molecular complexity index is 1370. The summed E-state index contributed by atoms with van der Waals surface area (Å²) in [5.74, 6) is 0.998. The maximum Gasteiger partial charge on any atom is 0.339 e. The molecule has 0 saturated carbocycles. The molecule has 2 heterocycles. The van der Waals surface area contributed by atoms with Gasteiger partial charge in [-0.25, -0.2) is 9.78 Å². The summed E-state index contributed by atoms with van der Waals surface area (Å²) in [5, 5.41) is 10.00. The number of carbonyl (C=O) groups excluding carboxylic acids is 1. The maximum absolute atomic E-state index is 12.1. The molecule has 0 radical (unpaired) electrons. The fourth-order valence-electron chi connectivity index (χ4n) is 3.32. The average molecular weight is 446 g/mol. The van der Waals surface area contributed by atoms with E-state index >= 15 is 0 Å². The minimum atomic E-state index is -0.492. The lowest BCUT2D eigenvalue weighted by molar-refractivity contribution is 0.0526. The number of nitriles is 1. The van der Waals surface area contributed by atoms with E-state index in [-0.39, 0.29) is 12.2 Å². The molecule has 7 heteroatoms. The number of hydrogen-bond acceptors (Lipinski definition) is 5. The largest absolute Gasteiger partial charge is 0.462 e. The molecular weight excluding hydrogens is 426 g/mol. The molecule has 0 aliphatic carbocycles. The van der Waals surface area contributed by atoms with Crippen LogP contribution in [-0.4, -0.2) is 22.5 Å². The lowest BCUT2D eigenvalue weighted by Crippen LogP contribution is -2.05. The quantitative estimate of drug-likeness (QED) is 0.286. The molecular formula is C25H20ClN3O3. The Morgan fingerprint density at radius 2 is 2.00 bits per heavy atom. The number of benzene rings is 2. The fraction of sp³-hybridized carbons (Fsp3) is 0.160. The van der Waals surface area contributed by atoms with Crippen molar-refractivity contribution >= 4 is 40.3 Å². The summed E-state index contributed by atoms with van der Waals surface area (Å²) in [6.45, 7) is 6.05. The summed E-state index contributed by atoms with van der Waals surface area (Å²) in [5.41, 5.74) is 5.25. The molecule has 0 spiro atoms. The van der Waals surface area contributed by atoms with Crippen molar-refractivity contribution in [2.24, 2.45) is 0 Å². The molecule has 0 aliphatic heterocycles. The number of aryl methyl sites for hydroxylation is 2. The van der Waals surface area contributed by atoms with Gasteiger partial charge in [0, 0.05) is 11.6 Å². The summed E-state index contributed by atoms with van der Waals surface area (Å²) in [4.78, 5) is 19.9. The zero-order valence-electron chi connectivity index (χ0n) is 17.8. The molecule has 4 aromatic rings. The van der Waals surface area contributed by atoms with Gasteiger partial charge in [-0.1, -0.05) is 11.6 Å². The molecule has 1 N–H and O–H groups in total. The van der Waals surface area contributed by atoms with Crippen LogP contribution in [0.5, 0.6) is 0 Å². The van der Waals surface area contributed by atoms with Gasteiger partial charge in [0.15, 0.2) is 0 Å². The summed E-state index contributed by atoms with van der Waals surface area (Å²) in [6.07, 6.45) is 1.63. The summed E-state index contributed by atoms with van der Waals surface area (Å²) < 4.78 is 11.0. The number of fused-ring (bicyclic) bond motifs is 1. The van der Waals surface area contributed by atoms with Crippen LogP contribution in [0, 0.1) is 25.2 Å². The third kappa shape index (κ3) is 4.16. The summed E-state index contributed by atoms with van der Waals surface area (Å²) in [6, 6.07) is 14.7. The first-order chi connectivity index (χ1) is 15.4. The Labute approximate surface area is 190 Å². The topological polar surface area (TPSA) is 91.9 Å². The van der Waals surface area contributed by atoms with Gasteiger partial charge in [0.25, 0.3) is 0 Å². The molecule has 0 aliphatic rings. The third-order valence-electron chi connectivity index (χ3n) is 5.13. The number of carbonyl (C=O) groups is 1. The van der Waals surface area contributed by atoms with Crippen LogP contribution in [-0.2, 0) is 4.74 Å². The molecule has 160 valence electrons. The van der Waals surface area contributed by atoms with Crippen LogP contribution in [0.3, 0.4) is 0 Å². The van der Waals surface area contributed by atoms with Crippen molar-refractivity contribution in [2.75, 3.05) is 6.61 Å². The second kappa shape index (κ2) is 8.74. The number of furan rings is 1. The standard InChI is InChI=1S/C25H20ClN3O3/c1-4-31-25(30)19-12-16(5-7-20(19)26)23-8-6-18(32-23)11-17(13-27)24-28-21-9-14(2)15(3)10-22(21)29-24/h5-12H,4H2,1-3H3,(H,28,29)/b17-11+. The van der Waals surface area contributed by atoms with E-state index in [0.29, 0.717) is 33.5 Å². The van der Waals surface area contributed by atoms with Crippen molar-refractivity contribution in [3.63, 3.8) is 0 Å². The highest BCUT2D eigenvalue weighted by Crippen LogP contribution is 2.29. The SMILES string of the molecule is CCOC(=O)c1cc(-c2ccc(/C=C(\C#N)c3nc4cc(C)c(C)cc4[nH]3)o2)ccc1Cl. The van der Waals surface area contributed by atoms with Gasteiger partial charge in [0.2, 0.25) is 0 Å². The highest BCUT2D eigenvalue weighted by molar-refractivity contribution is 6.33. The Hall–Kier alpha value is -3.82. The predicted octanol–water partition coefficient (Wildman–Crippen LogP) is 6.33. The van der Waals surface area contributed by atoms with Crippen LogP contribution in [0.4, 0.5) is 0 Å². The number of nitrogens with zero attached hydrogens (tertiary/aromatic N) is 2. The van der Waals surface area contributed by atoms with E-state index in [1.54, 1.807) is 43.3 Å². The number of aromatic amines is 1. The van der Waals surface area contributed by atoms with Gasteiger partial charge in [-0.15, -0.1) is 0 Å². The number of imidazole rings is 1. The predicted molar refractivity (Wildman–Crippen MR) is 124 cm³/mol. The number of ether oxygens (including phenoxy) is 1. The Balaban J connectivity index is 1.67. The van der Waals surface area contributed by atoms with Gasteiger partial charge in [0.05, 0.1) is 33.8 Å². The highest BCUT2D eigenvalue weighted by Gasteiger charge is 2.15. The van der Waals surface area contributed by atoms with Crippen molar-refractivity contribution < 1.29 is 13.9 Å². The Kier molecular flexibility index (Phi) is 5.85. The molecule has 6 nitrogen and oxygen atoms in total. The van der Waals surface area contributed by atoms with Crippen molar-refractivity contribution in [2.45, 2.75) is 20.8 Å². The number of aromatic nitrogens is 2. The molecule has 4 rings (SSSR count). The number of esters is 1. The number of halogens is 1. The first-order valence-corrected chi connectivity index (χ1v) is 10.4. The number of rotatable bonds is 5. The molecule has 0 saturated heterocycles. The lowest BCUT2D eigenvalue weighted by Gasteiger charge is -2.05. The van der Waals surface area contributed by atoms with Gasteiger partial charge >= 0.3 is 5.97 Å². The fourth-order valence-corrected chi connectivity index (χ4v) is 3.52. The summed E-state index contributed by atoms with van der Waals surface area (Å²) >= 11 is 6.14. The van der Waals surface area contributed by atoms with Crippen molar-refractivity contribution in [3.05, 3.63) is 75.8 Å². The number of H-pyrrole nitrogens is 1. The van der Waals surface area contributed by atoms with Crippen LogP contribution < -0.4 is 0 Å². The normalized spacial score (nSPS) is 11.5. The van der Waals surface area contributed by atoms with Crippen LogP contribution in [0.2, 0.25) is 5.02 Å².